The number of carbonyl (C=O) groups is 1. The zero-order valence-electron chi connectivity index (χ0n) is 16.8. The van der Waals surface area contributed by atoms with Crippen LogP contribution < -0.4 is 16.0 Å². The Hall–Kier alpha value is -2.35. The number of alkyl halides is 3. The SMILES string of the molecule is O=C(N[C@@H]1CCC[C@H](Nc2cc(C(F)(F)F)nc3ccccc23)C1)C1CCNCC1. The van der Waals surface area contributed by atoms with Crippen molar-refractivity contribution in [3.63, 3.8) is 0 Å². The number of para-hydroxylation sites is 1. The van der Waals surface area contributed by atoms with Crippen molar-refractivity contribution in [1.29, 1.82) is 0 Å². The Balaban J connectivity index is 1.47. The van der Waals surface area contributed by atoms with E-state index in [1.807, 2.05) is 0 Å². The Kier molecular flexibility index (Phi) is 6.13. The predicted molar refractivity (Wildman–Crippen MR) is 110 cm³/mol. The maximum absolute atomic E-state index is 13.3. The number of fused-ring (bicyclic) bond motifs is 1. The van der Waals surface area contributed by atoms with Crippen LogP contribution in [-0.4, -0.2) is 36.1 Å². The molecule has 30 heavy (non-hydrogen) atoms. The summed E-state index contributed by atoms with van der Waals surface area (Å²) in [5.41, 5.74) is -0.125. The van der Waals surface area contributed by atoms with E-state index in [1.54, 1.807) is 24.3 Å². The quantitative estimate of drug-likeness (QED) is 0.697. The number of hydrogen-bond acceptors (Lipinski definition) is 4. The fourth-order valence-corrected chi connectivity index (χ4v) is 4.52. The van der Waals surface area contributed by atoms with Crippen molar-refractivity contribution in [2.45, 2.75) is 56.8 Å². The Bertz CT molecular complexity index is 896. The van der Waals surface area contributed by atoms with E-state index >= 15 is 0 Å². The van der Waals surface area contributed by atoms with E-state index in [0.29, 0.717) is 23.0 Å². The molecule has 2 aromatic rings. The van der Waals surface area contributed by atoms with Gasteiger partial charge in [0, 0.05) is 29.1 Å². The summed E-state index contributed by atoms with van der Waals surface area (Å²) in [6.07, 6.45) is 0.585. The topological polar surface area (TPSA) is 66.0 Å². The van der Waals surface area contributed by atoms with Gasteiger partial charge in [-0.2, -0.15) is 13.2 Å². The van der Waals surface area contributed by atoms with E-state index in [2.05, 4.69) is 20.9 Å². The minimum Gasteiger partial charge on any atom is -0.382 e. The van der Waals surface area contributed by atoms with Gasteiger partial charge in [-0.3, -0.25) is 4.79 Å². The number of anilines is 1. The van der Waals surface area contributed by atoms with Crippen LogP contribution in [0.15, 0.2) is 30.3 Å². The Morgan fingerprint density at radius 2 is 1.80 bits per heavy atom. The van der Waals surface area contributed by atoms with Crippen LogP contribution in [0.4, 0.5) is 18.9 Å². The molecule has 2 fully saturated rings. The maximum atomic E-state index is 13.3. The zero-order chi connectivity index (χ0) is 21.1. The standard InChI is InChI=1S/C22H27F3N4O/c23-22(24,25)20-13-19(17-6-1-2-7-18(17)29-20)27-15-4-3-5-16(12-15)28-21(30)14-8-10-26-11-9-14/h1-2,6-7,13-16,26H,3-5,8-12H2,(H,27,29)(H,28,30)/t15-,16+/m0/s1. The second-order valence-corrected chi connectivity index (χ2v) is 8.31. The Morgan fingerprint density at radius 1 is 1.07 bits per heavy atom. The molecule has 162 valence electrons. The van der Waals surface area contributed by atoms with Gasteiger partial charge in [-0.1, -0.05) is 18.2 Å². The third kappa shape index (κ3) is 4.86. The van der Waals surface area contributed by atoms with E-state index in [0.717, 1.165) is 51.3 Å². The van der Waals surface area contributed by atoms with Crippen LogP contribution in [0.25, 0.3) is 10.9 Å². The van der Waals surface area contributed by atoms with E-state index in [-0.39, 0.29) is 23.9 Å². The summed E-state index contributed by atoms with van der Waals surface area (Å²) in [4.78, 5) is 16.3. The number of rotatable bonds is 4. The highest BCUT2D eigenvalue weighted by Crippen LogP contribution is 2.34. The summed E-state index contributed by atoms with van der Waals surface area (Å²) in [7, 11) is 0. The molecule has 0 bridgehead atoms. The number of pyridine rings is 1. The maximum Gasteiger partial charge on any atom is 0.433 e. The summed E-state index contributed by atoms with van der Waals surface area (Å²) in [5, 5.41) is 10.4. The number of hydrogen-bond donors (Lipinski definition) is 3. The molecule has 1 aromatic heterocycles. The molecule has 8 heteroatoms. The smallest absolute Gasteiger partial charge is 0.382 e. The third-order valence-corrected chi connectivity index (χ3v) is 6.10. The van der Waals surface area contributed by atoms with E-state index in [1.165, 1.54) is 0 Å². The van der Waals surface area contributed by atoms with Crippen LogP contribution in [-0.2, 0) is 11.0 Å². The lowest BCUT2D eigenvalue weighted by Gasteiger charge is -2.33. The van der Waals surface area contributed by atoms with Gasteiger partial charge in [0.2, 0.25) is 5.91 Å². The van der Waals surface area contributed by atoms with Crippen molar-refractivity contribution >= 4 is 22.5 Å². The van der Waals surface area contributed by atoms with Gasteiger partial charge in [-0.05, 0) is 63.7 Å². The molecule has 0 unspecified atom stereocenters. The Morgan fingerprint density at radius 3 is 2.57 bits per heavy atom. The number of halogens is 3. The van der Waals surface area contributed by atoms with Gasteiger partial charge in [-0.25, -0.2) is 4.98 Å². The van der Waals surface area contributed by atoms with Crippen LogP contribution in [0.3, 0.4) is 0 Å². The van der Waals surface area contributed by atoms with E-state index in [4.69, 9.17) is 0 Å². The molecule has 2 heterocycles. The van der Waals surface area contributed by atoms with Crippen LogP contribution in [0.5, 0.6) is 0 Å². The lowest BCUT2D eigenvalue weighted by atomic mass is 9.89. The number of benzene rings is 1. The van der Waals surface area contributed by atoms with Crippen molar-refractivity contribution in [2.24, 2.45) is 5.92 Å². The predicted octanol–water partition coefficient (Wildman–Crippen LogP) is 4.09. The molecule has 5 nitrogen and oxygen atoms in total. The van der Waals surface area contributed by atoms with E-state index in [9.17, 15) is 18.0 Å². The monoisotopic (exact) mass is 420 g/mol. The average Bonchev–Trinajstić information content (AvgIpc) is 2.74. The van der Waals surface area contributed by atoms with Crippen molar-refractivity contribution in [3.8, 4) is 0 Å². The molecular weight excluding hydrogens is 393 g/mol. The van der Waals surface area contributed by atoms with Gasteiger partial charge in [0.05, 0.1) is 5.52 Å². The number of nitrogens with one attached hydrogen (secondary N) is 3. The summed E-state index contributed by atoms with van der Waals surface area (Å²) >= 11 is 0. The van der Waals surface area contributed by atoms with Crippen LogP contribution >= 0.6 is 0 Å². The summed E-state index contributed by atoms with van der Waals surface area (Å²) in [6, 6.07) is 8.01. The largest absolute Gasteiger partial charge is 0.433 e. The zero-order valence-corrected chi connectivity index (χ0v) is 16.8. The van der Waals surface area contributed by atoms with Crippen LogP contribution in [0.1, 0.15) is 44.2 Å². The highest BCUT2D eigenvalue weighted by Gasteiger charge is 2.34. The minimum absolute atomic E-state index is 0.00367. The molecule has 1 aromatic carbocycles. The molecule has 0 radical (unpaired) electrons. The fraction of sp³-hybridized carbons (Fsp3) is 0.545. The molecule has 3 N–H and O–H groups in total. The second-order valence-electron chi connectivity index (χ2n) is 8.31. The molecule has 2 atom stereocenters. The second kappa shape index (κ2) is 8.79. The first-order valence-electron chi connectivity index (χ1n) is 10.6. The van der Waals surface area contributed by atoms with Crippen LogP contribution in [0.2, 0.25) is 0 Å². The average molecular weight is 420 g/mol. The first kappa shape index (κ1) is 20.9. The first-order chi connectivity index (χ1) is 14.4. The van der Waals surface area contributed by atoms with Crippen LogP contribution in [0, 0.1) is 5.92 Å². The lowest BCUT2D eigenvalue weighted by molar-refractivity contribution is -0.140. The molecule has 1 saturated heterocycles. The van der Waals surface area contributed by atoms with Crippen molar-refractivity contribution < 1.29 is 18.0 Å². The minimum atomic E-state index is -4.50. The number of piperidine rings is 1. The van der Waals surface area contributed by atoms with Gasteiger partial charge in [0.25, 0.3) is 0 Å². The molecule has 4 rings (SSSR count). The molecule has 1 aliphatic carbocycles. The molecule has 1 saturated carbocycles. The number of aromatic nitrogens is 1. The van der Waals surface area contributed by atoms with Gasteiger partial charge < -0.3 is 16.0 Å². The Labute approximate surface area is 173 Å². The van der Waals surface area contributed by atoms with Crippen molar-refractivity contribution in [3.05, 3.63) is 36.0 Å². The lowest BCUT2D eigenvalue weighted by Crippen LogP contribution is -2.46. The summed E-state index contributed by atoms with van der Waals surface area (Å²) in [6.45, 7) is 1.73. The molecule has 1 amide bonds. The number of carbonyl (C=O) groups excluding carboxylic acids is 1. The normalized spacial score (nSPS) is 23.3. The van der Waals surface area contributed by atoms with Crippen molar-refractivity contribution in [1.82, 2.24) is 15.6 Å². The van der Waals surface area contributed by atoms with Gasteiger partial charge in [-0.15, -0.1) is 0 Å². The fourth-order valence-electron chi connectivity index (χ4n) is 4.52. The summed E-state index contributed by atoms with van der Waals surface area (Å²) < 4.78 is 39.9. The highest BCUT2D eigenvalue weighted by atomic mass is 19.4. The van der Waals surface area contributed by atoms with Gasteiger partial charge >= 0.3 is 6.18 Å². The number of nitrogens with zero attached hydrogens (tertiary/aromatic N) is 1. The van der Waals surface area contributed by atoms with Gasteiger partial charge in [0.1, 0.15) is 5.69 Å². The number of amides is 1. The summed E-state index contributed by atoms with van der Waals surface area (Å²) in [5.74, 6) is 0.161. The molecule has 1 aliphatic heterocycles. The van der Waals surface area contributed by atoms with Crippen molar-refractivity contribution in [2.75, 3.05) is 18.4 Å². The van der Waals surface area contributed by atoms with Gasteiger partial charge in [0.15, 0.2) is 0 Å². The highest BCUT2D eigenvalue weighted by molar-refractivity contribution is 5.91. The third-order valence-electron chi connectivity index (χ3n) is 6.10. The van der Waals surface area contributed by atoms with E-state index < -0.39 is 11.9 Å². The molecule has 0 spiro atoms. The molecular formula is C22H27F3N4O. The molecule has 2 aliphatic rings. The first-order valence-corrected chi connectivity index (χ1v) is 10.6.